The SMILES string of the molecule is CCC[C@H](O)C[C@@H](O)CC(=O)CCc1ccc(O)c(OCN2C=C3C(Cc4cc(C(N)N)ccc4CO)=CN=C3C2)c1. The molecule has 0 spiro atoms. The van der Waals surface area contributed by atoms with Gasteiger partial charge in [-0.25, -0.2) is 0 Å². The summed E-state index contributed by atoms with van der Waals surface area (Å²) in [5.41, 5.74) is 18.0. The number of rotatable bonds is 16. The van der Waals surface area contributed by atoms with Crippen LogP contribution in [0.2, 0.25) is 0 Å². The van der Waals surface area contributed by atoms with E-state index in [0.717, 1.165) is 45.5 Å². The van der Waals surface area contributed by atoms with Crippen LogP contribution in [-0.2, 0) is 24.2 Å². The minimum Gasteiger partial charge on any atom is -0.504 e. The molecular formula is C32H42N4O6. The molecule has 0 amide bonds. The Bertz CT molecular complexity index is 1350. The number of hydrogen-bond acceptors (Lipinski definition) is 10. The molecule has 2 aliphatic rings. The molecule has 8 N–H and O–H groups in total. The number of aromatic hydroxyl groups is 1. The van der Waals surface area contributed by atoms with Gasteiger partial charge in [-0.1, -0.05) is 37.6 Å². The van der Waals surface area contributed by atoms with E-state index in [4.69, 9.17) is 16.2 Å². The van der Waals surface area contributed by atoms with Crippen molar-refractivity contribution in [3.8, 4) is 11.5 Å². The Kier molecular flexibility index (Phi) is 10.9. The minimum atomic E-state index is -0.849. The zero-order valence-corrected chi connectivity index (χ0v) is 24.1. The smallest absolute Gasteiger partial charge is 0.163 e. The summed E-state index contributed by atoms with van der Waals surface area (Å²) in [7, 11) is 0. The van der Waals surface area contributed by atoms with E-state index >= 15 is 0 Å². The highest BCUT2D eigenvalue weighted by atomic mass is 16.5. The number of aliphatic imine (C=N–C) groups is 1. The Hall–Kier alpha value is -3.54. The number of nitrogens with zero attached hydrogens (tertiary/aromatic N) is 2. The summed E-state index contributed by atoms with van der Waals surface area (Å²) in [4.78, 5) is 18.9. The maximum Gasteiger partial charge on any atom is 0.163 e. The molecule has 0 radical (unpaired) electrons. The Labute approximate surface area is 246 Å². The molecule has 226 valence electrons. The second-order valence-corrected chi connectivity index (χ2v) is 11.1. The van der Waals surface area contributed by atoms with Crippen molar-refractivity contribution in [1.82, 2.24) is 4.90 Å². The molecule has 0 fully saturated rings. The van der Waals surface area contributed by atoms with Gasteiger partial charge in [0.25, 0.3) is 0 Å². The number of ether oxygens (including phenoxy) is 1. The number of allylic oxidation sites excluding steroid dienone is 1. The maximum atomic E-state index is 12.4. The van der Waals surface area contributed by atoms with E-state index in [2.05, 4.69) is 4.99 Å². The van der Waals surface area contributed by atoms with Crippen molar-refractivity contribution in [2.24, 2.45) is 16.5 Å². The molecule has 2 aromatic rings. The van der Waals surface area contributed by atoms with Crippen molar-refractivity contribution in [3.05, 3.63) is 82.2 Å². The highest BCUT2D eigenvalue weighted by Gasteiger charge is 2.27. The van der Waals surface area contributed by atoms with Crippen LogP contribution in [0.1, 0.15) is 67.4 Å². The van der Waals surface area contributed by atoms with E-state index in [9.17, 15) is 25.2 Å². The Balaban J connectivity index is 1.31. The molecular weight excluding hydrogens is 536 g/mol. The monoisotopic (exact) mass is 578 g/mol. The van der Waals surface area contributed by atoms with Gasteiger partial charge in [-0.2, -0.15) is 0 Å². The van der Waals surface area contributed by atoms with Gasteiger partial charge in [0.2, 0.25) is 0 Å². The molecule has 0 bridgehead atoms. The number of ketones is 1. The van der Waals surface area contributed by atoms with Gasteiger partial charge < -0.3 is 41.5 Å². The summed E-state index contributed by atoms with van der Waals surface area (Å²) < 4.78 is 5.94. The normalized spacial score (nSPS) is 15.8. The standard InChI is InChI=1S/C32H42N4O6/c1-2-3-25(38)13-27(40)14-26(39)8-4-20-5-9-30(41)31(10-20)42-19-36-16-28-24(15-35-29(28)17-36)12-23-11-21(32(33)34)6-7-22(23)18-37/h5-7,9-11,15-16,25,27,32,37-38,40-41H,2-4,8,12-14,17-19,33-34H2,1H3/t25-,27+/m0/s1. The second-order valence-electron chi connectivity index (χ2n) is 11.1. The van der Waals surface area contributed by atoms with Crippen molar-refractivity contribution < 1.29 is 30.0 Å². The van der Waals surface area contributed by atoms with E-state index in [1.54, 1.807) is 18.2 Å². The maximum absolute atomic E-state index is 12.4. The van der Waals surface area contributed by atoms with Crippen molar-refractivity contribution in [3.63, 3.8) is 0 Å². The fourth-order valence-corrected chi connectivity index (χ4v) is 5.26. The van der Waals surface area contributed by atoms with Crippen LogP contribution in [0.3, 0.4) is 0 Å². The third kappa shape index (κ3) is 8.27. The molecule has 0 aromatic heterocycles. The number of aryl methyl sites for hydroxylation is 1. The summed E-state index contributed by atoms with van der Waals surface area (Å²) in [6, 6.07) is 10.6. The number of hydrogen-bond donors (Lipinski definition) is 6. The second kappa shape index (κ2) is 14.6. The first-order valence-corrected chi connectivity index (χ1v) is 14.4. The number of fused-ring (bicyclic) bond motifs is 1. The summed E-state index contributed by atoms with van der Waals surface area (Å²) in [5, 5.41) is 40.1. The topological polar surface area (TPSA) is 175 Å². The summed E-state index contributed by atoms with van der Waals surface area (Å²) >= 11 is 0. The van der Waals surface area contributed by atoms with Crippen molar-refractivity contribution in [1.29, 1.82) is 0 Å². The van der Waals surface area contributed by atoms with Crippen LogP contribution in [-0.4, -0.2) is 62.3 Å². The van der Waals surface area contributed by atoms with Crippen molar-refractivity contribution in [2.45, 2.75) is 76.9 Å². The molecule has 0 saturated carbocycles. The van der Waals surface area contributed by atoms with Crippen LogP contribution in [0.4, 0.5) is 0 Å². The van der Waals surface area contributed by atoms with Gasteiger partial charge in [0.05, 0.1) is 37.2 Å². The number of aliphatic hydroxyl groups excluding tert-OH is 3. The third-order valence-electron chi connectivity index (χ3n) is 7.60. The molecule has 10 nitrogen and oxygen atoms in total. The van der Waals surface area contributed by atoms with Gasteiger partial charge in [0.1, 0.15) is 5.78 Å². The first-order valence-electron chi connectivity index (χ1n) is 14.4. The van der Waals surface area contributed by atoms with E-state index < -0.39 is 18.4 Å². The number of carbonyl (C=O) groups excluding carboxylic acids is 1. The van der Waals surface area contributed by atoms with Gasteiger partial charge in [0.15, 0.2) is 18.2 Å². The predicted octanol–water partition coefficient (Wildman–Crippen LogP) is 2.72. The number of benzene rings is 2. The minimum absolute atomic E-state index is 0.00454. The highest BCUT2D eigenvalue weighted by Crippen LogP contribution is 2.31. The van der Waals surface area contributed by atoms with E-state index in [1.165, 1.54) is 0 Å². The van der Waals surface area contributed by atoms with Crippen LogP contribution in [0, 0.1) is 0 Å². The number of phenolic OH excluding ortho intramolecular Hbond substituents is 1. The zero-order chi connectivity index (χ0) is 30.2. The van der Waals surface area contributed by atoms with Crippen LogP contribution in [0.15, 0.2) is 64.9 Å². The molecule has 0 aliphatic carbocycles. The first-order chi connectivity index (χ1) is 20.2. The molecule has 2 aliphatic heterocycles. The molecule has 0 saturated heterocycles. The molecule has 2 atom stereocenters. The van der Waals surface area contributed by atoms with E-state index in [0.29, 0.717) is 31.6 Å². The largest absolute Gasteiger partial charge is 0.504 e. The summed E-state index contributed by atoms with van der Waals surface area (Å²) in [6.45, 7) is 2.62. The van der Waals surface area contributed by atoms with Crippen molar-refractivity contribution >= 4 is 11.5 Å². The van der Waals surface area contributed by atoms with Crippen molar-refractivity contribution in [2.75, 3.05) is 13.3 Å². The predicted molar refractivity (Wildman–Crippen MR) is 161 cm³/mol. The van der Waals surface area contributed by atoms with E-state index in [-0.39, 0.29) is 44.1 Å². The lowest BCUT2D eigenvalue weighted by atomic mass is 9.94. The van der Waals surface area contributed by atoms with Crippen LogP contribution in [0.25, 0.3) is 0 Å². The fourth-order valence-electron chi connectivity index (χ4n) is 5.26. The molecule has 10 heteroatoms. The zero-order valence-electron chi connectivity index (χ0n) is 24.1. The number of Topliss-reactive ketones (excluding diaryl/α,β-unsaturated/α-hetero) is 1. The Morgan fingerprint density at radius 1 is 1.12 bits per heavy atom. The number of phenols is 1. The van der Waals surface area contributed by atoms with Gasteiger partial charge in [-0.3, -0.25) is 9.79 Å². The number of carbonyl (C=O) groups is 1. The van der Waals surface area contributed by atoms with Gasteiger partial charge >= 0.3 is 0 Å². The fraction of sp³-hybridized carbons (Fsp3) is 0.438. The van der Waals surface area contributed by atoms with Gasteiger partial charge in [-0.15, -0.1) is 0 Å². The first kappa shape index (κ1) is 31.4. The molecule has 0 unspecified atom stereocenters. The lowest BCUT2D eigenvalue weighted by molar-refractivity contribution is -0.121. The Morgan fingerprint density at radius 3 is 2.67 bits per heavy atom. The Morgan fingerprint density at radius 2 is 1.93 bits per heavy atom. The average molecular weight is 579 g/mol. The van der Waals surface area contributed by atoms with Crippen LogP contribution in [0.5, 0.6) is 11.5 Å². The van der Waals surface area contributed by atoms with Gasteiger partial charge in [0, 0.05) is 37.2 Å². The highest BCUT2D eigenvalue weighted by molar-refractivity contribution is 6.09. The quantitative estimate of drug-likeness (QED) is 0.164. The molecule has 2 heterocycles. The molecule has 2 aromatic carbocycles. The van der Waals surface area contributed by atoms with Crippen LogP contribution >= 0.6 is 0 Å². The van der Waals surface area contributed by atoms with Gasteiger partial charge in [-0.05, 0) is 59.2 Å². The number of aliphatic hydroxyl groups is 3. The number of nitrogens with two attached hydrogens (primary N) is 2. The average Bonchev–Trinajstić information content (AvgIpc) is 3.53. The van der Waals surface area contributed by atoms with Crippen LogP contribution < -0.4 is 16.2 Å². The summed E-state index contributed by atoms with van der Waals surface area (Å²) in [6.07, 6.45) is 4.69. The molecule has 4 rings (SSSR count). The lowest BCUT2D eigenvalue weighted by Crippen LogP contribution is -2.23. The van der Waals surface area contributed by atoms with E-state index in [1.807, 2.05) is 42.4 Å². The summed E-state index contributed by atoms with van der Waals surface area (Å²) in [5.74, 6) is 0.244. The third-order valence-corrected chi connectivity index (χ3v) is 7.60. The lowest BCUT2D eigenvalue weighted by Gasteiger charge is -2.17. The molecule has 42 heavy (non-hydrogen) atoms.